The molecule has 0 bridgehead atoms. The van der Waals surface area contributed by atoms with E-state index in [-0.39, 0.29) is 5.91 Å². The minimum atomic E-state index is 0.186. The van der Waals surface area contributed by atoms with Crippen LogP contribution in [0.1, 0.15) is 65.7 Å². The second-order valence-corrected chi connectivity index (χ2v) is 9.77. The molecule has 148 valence electrons. The first-order valence-electron chi connectivity index (χ1n) is 10.6. The second kappa shape index (κ2) is 6.83. The highest BCUT2D eigenvalue weighted by Gasteiger charge is 2.41. The number of rotatable bonds is 4. The highest BCUT2D eigenvalue weighted by atomic mass is 32.1. The number of thiazole rings is 1. The summed E-state index contributed by atoms with van der Waals surface area (Å²) in [5, 5.41) is 1.06. The number of amides is 1. The fraction of sp³-hybridized carbons (Fsp3) is 0.591. The van der Waals surface area contributed by atoms with Crippen molar-refractivity contribution in [2.45, 2.75) is 65.5 Å². The number of anilines is 1. The number of carbonyl (C=O) groups excluding carboxylic acids is 1. The maximum atomic E-state index is 13.4. The lowest BCUT2D eigenvalue weighted by Gasteiger charge is -2.29. The fourth-order valence-corrected chi connectivity index (χ4v) is 5.60. The number of fused-ring (bicyclic) bond motifs is 1. The Balaban J connectivity index is 1.60. The van der Waals surface area contributed by atoms with Gasteiger partial charge in [-0.15, -0.1) is 11.3 Å². The lowest BCUT2D eigenvalue weighted by Crippen LogP contribution is -2.36. The van der Waals surface area contributed by atoms with Gasteiger partial charge in [-0.25, -0.2) is 9.97 Å². The van der Waals surface area contributed by atoms with Crippen LogP contribution < -0.4 is 4.90 Å². The monoisotopic (exact) mass is 396 g/mol. The van der Waals surface area contributed by atoms with E-state index in [0.717, 1.165) is 57.9 Å². The molecule has 5 nitrogen and oxygen atoms in total. The normalized spacial score (nSPS) is 20.6. The van der Waals surface area contributed by atoms with Crippen molar-refractivity contribution in [3.8, 4) is 10.6 Å². The van der Waals surface area contributed by atoms with Gasteiger partial charge < -0.3 is 9.80 Å². The third-order valence-corrected chi connectivity index (χ3v) is 7.58. The third-order valence-electron chi connectivity index (χ3n) is 6.49. The highest BCUT2D eigenvalue weighted by Crippen LogP contribution is 2.42. The molecule has 0 radical (unpaired) electrons. The molecule has 5 rings (SSSR count). The molecule has 0 aromatic carbocycles. The molecule has 2 aromatic rings. The van der Waals surface area contributed by atoms with E-state index < -0.39 is 0 Å². The van der Waals surface area contributed by atoms with E-state index in [0.29, 0.717) is 12.0 Å². The summed E-state index contributed by atoms with van der Waals surface area (Å²) in [5.41, 5.74) is 4.02. The SMILES string of the molecule is Cc1nc(C)c(-c2cc3c(c(N4CCCCC4)n2)C(=O)N([C@@H](C)C2CC2)C3)s1. The van der Waals surface area contributed by atoms with Crippen LogP contribution >= 0.6 is 11.3 Å². The first kappa shape index (κ1) is 18.1. The highest BCUT2D eigenvalue weighted by molar-refractivity contribution is 7.15. The van der Waals surface area contributed by atoms with E-state index in [4.69, 9.17) is 4.98 Å². The van der Waals surface area contributed by atoms with E-state index in [1.807, 2.05) is 6.92 Å². The molecular formula is C22H28N4OS. The van der Waals surface area contributed by atoms with Crippen molar-refractivity contribution in [2.24, 2.45) is 5.92 Å². The van der Waals surface area contributed by atoms with Gasteiger partial charge in [-0.1, -0.05) is 0 Å². The van der Waals surface area contributed by atoms with Gasteiger partial charge in [-0.2, -0.15) is 0 Å². The van der Waals surface area contributed by atoms with Gasteiger partial charge in [0.2, 0.25) is 0 Å². The first-order chi connectivity index (χ1) is 13.5. The molecule has 1 amide bonds. The van der Waals surface area contributed by atoms with Crippen molar-refractivity contribution in [3.05, 3.63) is 27.9 Å². The lowest BCUT2D eigenvalue weighted by molar-refractivity contribution is 0.0697. The minimum absolute atomic E-state index is 0.186. The topological polar surface area (TPSA) is 49.3 Å². The van der Waals surface area contributed by atoms with Gasteiger partial charge in [0.25, 0.3) is 5.91 Å². The lowest BCUT2D eigenvalue weighted by atomic mass is 10.1. The van der Waals surface area contributed by atoms with Gasteiger partial charge in [0.05, 0.1) is 26.8 Å². The molecule has 0 unspecified atom stereocenters. The molecule has 2 aliphatic heterocycles. The molecule has 2 aromatic heterocycles. The van der Waals surface area contributed by atoms with Crippen LogP contribution in [0.2, 0.25) is 0 Å². The number of piperidine rings is 1. The van der Waals surface area contributed by atoms with Crippen LogP contribution in [0.25, 0.3) is 10.6 Å². The van der Waals surface area contributed by atoms with E-state index in [1.54, 1.807) is 11.3 Å². The van der Waals surface area contributed by atoms with Crippen molar-refractivity contribution >= 4 is 23.1 Å². The Labute approximate surface area is 170 Å². The molecule has 28 heavy (non-hydrogen) atoms. The van der Waals surface area contributed by atoms with Gasteiger partial charge in [-0.3, -0.25) is 4.79 Å². The van der Waals surface area contributed by atoms with E-state index in [1.165, 1.54) is 32.1 Å². The third kappa shape index (κ3) is 3.02. The number of aromatic nitrogens is 2. The Morgan fingerprint density at radius 3 is 2.54 bits per heavy atom. The molecule has 1 saturated heterocycles. The molecule has 4 heterocycles. The zero-order valence-corrected chi connectivity index (χ0v) is 17.8. The maximum Gasteiger partial charge on any atom is 0.258 e. The Kier molecular flexibility index (Phi) is 4.42. The Morgan fingerprint density at radius 1 is 1.14 bits per heavy atom. The number of pyridine rings is 1. The van der Waals surface area contributed by atoms with Crippen LogP contribution in [0.15, 0.2) is 6.07 Å². The van der Waals surface area contributed by atoms with Crippen LogP contribution in [0.5, 0.6) is 0 Å². The number of nitrogens with zero attached hydrogens (tertiary/aromatic N) is 4. The minimum Gasteiger partial charge on any atom is -0.356 e. The van der Waals surface area contributed by atoms with Gasteiger partial charge >= 0.3 is 0 Å². The number of hydrogen-bond acceptors (Lipinski definition) is 5. The Hall–Kier alpha value is -1.95. The van der Waals surface area contributed by atoms with E-state index in [9.17, 15) is 4.79 Å². The molecule has 0 spiro atoms. The van der Waals surface area contributed by atoms with Crippen LogP contribution in [-0.2, 0) is 6.54 Å². The predicted octanol–water partition coefficient (Wildman–Crippen LogP) is 4.57. The Bertz CT molecular complexity index is 927. The van der Waals surface area contributed by atoms with Crippen LogP contribution in [0.4, 0.5) is 5.82 Å². The van der Waals surface area contributed by atoms with Gasteiger partial charge in [-0.05, 0) is 70.4 Å². The molecule has 2 fully saturated rings. The summed E-state index contributed by atoms with van der Waals surface area (Å²) >= 11 is 1.70. The van der Waals surface area contributed by atoms with Crippen molar-refractivity contribution < 1.29 is 4.79 Å². The zero-order valence-electron chi connectivity index (χ0n) is 17.0. The molecular weight excluding hydrogens is 368 g/mol. The zero-order chi connectivity index (χ0) is 19.4. The van der Waals surface area contributed by atoms with Gasteiger partial charge in [0.1, 0.15) is 5.82 Å². The van der Waals surface area contributed by atoms with Gasteiger partial charge in [0.15, 0.2) is 0 Å². The summed E-state index contributed by atoms with van der Waals surface area (Å²) in [5.74, 6) is 1.77. The van der Waals surface area contributed by atoms with Crippen LogP contribution in [0.3, 0.4) is 0 Å². The van der Waals surface area contributed by atoms with Gasteiger partial charge in [0, 0.05) is 25.7 Å². The van der Waals surface area contributed by atoms with Crippen molar-refractivity contribution in [1.29, 1.82) is 0 Å². The number of carbonyl (C=O) groups is 1. The largest absolute Gasteiger partial charge is 0.356 e. The first-order valence-corrected chi connectivity index (χ1v) is 11.4. The average Bonchev–Trinajstić information content (AvgIpc) is 3.42. The molecule has 1 saturated carbocycles. The number of aryl methyl sites for hydroxylation is 2. The summed E-state index contributed by atoms with van der Waals surface area (Å²) < 4.78 is 0. The smallest absolute Gasteiger partial charge is 0.258 e. The van der Waals surface area contributed by atoms with Crippen molar-refractivity contribution in [2.75, 3.05) is 18.0 Å². The quantitative estimate of drug-likeness (QED) is 0.760. The molecule has 1 atom stereocenters. The van der Waals surface area contributed by atoms with Crippen molar-refractivity contribution in [3.63, 3.8) is 0 Å². The Morgan fingerprint density at radius 2 is 1.89 bits per heavy atom. The standard InChI is InChI=1S/C22H28N4OS/c1-13-20(28-15(3)23-13)18-11-17-12-26(14(2)16-7-8-16)22(27)19(17)21(24-18)25-9-5-4-6-10-25/h11,14,16H,4-10,12H2,1-3H3/t14-/m0/s1. The van der Waals surface area contributed by atoms with Crippen LogP contribution in [0, 0.1) is 19.8 Å². The predicted molar refractivity (Wildman–Crippen MR) is 113 cm³/mol. The summed E-state index contributed by atoms with van der Waals surface area (Å²) in [6.07, 6.45) is 6.13. The summed E-state index contributed by atoms with van der Waals surface area (Å²) in [6.45, 7) is 9.03. The summed E-state index contributed by atoms with van der Waals surface area (Å²) in [6, 6.07) is 2.48. The van der Waals surface area contributed by atoms with Crippen molar-refractivity contribution in [1.82, 2.24) is 14.9 Å². The average molecular weight is 397 g/mol. The van der Waals surface area contributed by atoms with Crippen LogP contribution in [-0.4, -0.2) is 39.9 Å². The summed E-state index contributed by atoms with van der Waals surface area (Å²) in [7, 11) is 0. The molecule has 0 N–H and O–H groups in total. The number of hydrogen-bond donors (Lipinski definition) is 0. The molecule has 6 heteroatoms. The maximum absolute atomic E-state index is 13.4. The second-order valence-electron chi connectivity index (χ2n) is 8.57. The molecule has 1 aliphatic carbocycles. The van der Waals surface area contributed by atoms with E-state index >= 15 is 0 Å². The molecule has 3 aliphatic rings. The fourth-order valence-electron chi connectivity index (χ4n) is 4.72. The van der Waals surface area contributed by atoms with E-state index in [2.05, 4.69) is 34.7 Å². The summed E-state index contributed by atoms with van der Waals surface area (Å²) in [4.78, 5) is 28.6.